The molecule has 7 nitrogen and oxygen atoms in total. The first kappa shape index (κ1) is 17.6. The van der Waals surface area contributed by atoms with Gasteiger partial charge in [0.05, 0.1) is 6.54 Å². The van der Waals surface area contributed by atoms with Crippen LogP contribution in [0.4, 0.5) is 11.6 Å². The van der Waals surface area contributed by atoms with Gasteiger partial charge in [0.25, 0.3) is 0 Å². The SMILES string of the molecule is CN1CCN(c2cc(NCCc3c[nH]c4ccc(Cl)cc34)ncn2)CC1=O. The summed E-state index contributed by atoms with van der Waals surface area (Å²) in [6.45, 7) is 2.56. The number of H-pyrrole nitrogens is 1. The molecule has 4 rings (SSSR count). The van der Waals surface area contributed by atoms with Crippen LogP contribution in [0.25, 0.3) is 10.9 Å². The van der Waals surface area contributed by atoms with E-state index in [2.05, 4.69) is 20.3 Å². The second kappa shape index (κ2) is 7.44. The molecule has 0 spiro atoms. The van der Waals surface area contributed by atoms with Crippen molar-refractivity contribution in [1.82, 2.24) is 19.9 Å². The van der Waals surface area contributed by atoms with Gasteiger partial charge in [0.2, 0.25) is 5.91 Å². The third-order valence-electron chi connectivity index (χ3n) is 4.86. The van der Waals surface area contributed by atoms with Gasteiger partial charge in [-0.25, -0.2) is 9.97 Å². The minimum absolute atomic E-state index is 0.104. The maximum absolute atomic E-state index is 11.9. The van der Waals surface area contributed by atoms with Crippen molar-refractivity contribution in [3.8, 4) is 0 Å². The highest BCUT2D eigenvalue weighted by atomic mass is 35.5. The van der Waals surface area contributed by atoms with Gasteiger partial charge in [-0.05, 0) is 30.2 Å². The van der Waals surface area contributed by atoms with Crippen LogP contribution in [-0.2, 0) is 11.2 Å². The van der Waals surface area contributed by atoms with Crippen molar-refractivity contribution in [3.05, 3.63) is 47.4 Å². The predicted molar refractivity (Wildman–Crippen MR) is 107 cm³/mol. The number of aromatic nitrogens is 3. The summed E-state index contributed by atoms with van der Waals surface area (Å²) in [6, 6.07) is 7.75. The first-order valence-electron chi connectivity index (χ1n) is 8.90. The Kier molecular flexibility index (Phi) is 4.85. The molecule has 0 saturated carbocycles. The number of amides is 1. The lowest BCUT2D eigenvalue weighted by molar-refractivity contribution is -0.129. The van der Waals surface area contributed by atoms with Gasteiger partial charge in [0.1, 0.15) is 18.0 Å². The van der Waals surface area contributed by atoms with Gasteiger partial charge >= 0.3 is 0 Å². The summed E-state index contributed by atoms with van der Waals surface area (Å²) in [5.41, 5.74) is 2.29. The summed E-state index contributed by atoms with van der Waals surface area (Å²) >= 11 is 6.11. The fraction of sp³-hybridized carbons (Fsp3) is 0.316. The quantitative estimate of drug-likeness (QED) is 0.707. The zero-order valence-electron chi connectivity index (χ0n) is 15.1. The molecule has 1 aliphatic rings. The number of hydrogen-bond donors (Lipinski definition) is 2. The van der Waals surface area contributed by atoms with Crippen LogP contribution in [0.1, 0.15) is 5.56 Å². The van der Waals surface area contributed by atoms with Crippen LogP contribution in [0.2, 0.25) is 5.02 Å². The van der Waals surface area contributed by atoms with E-state index in [0.717, 1.165) is 47.1 Å². The van der Waals surface area contributed by atoms with E-state index < -0.39 is 0 Å². The van der Waals surface area contributed by atoms with Crippen LogP contribution in [0.3, 0.4) is 0 Å². The molecule has 0 atom stereocenters. The monoisotopic (exact) mass is 384 g/mol. The molecule has 0 unspecified atom stereocenters. The van der Waals surface area contributed by atoms with Gasteiger partial charge in [0, 0.05) is 54.9 Å². The van der Waals surface area contributed by atoms with Crippen LogP contribution < -0.4 is 10.2 Å². The number of piperazine rings is 1. The van der Waals surface area contributed by atoms with Gasteiger partial charge in [-0.3, -0.25) is 4.79 Å². The highest BCUT2D eigenvalue weighted by Gasteiger charge is 2.22. The van der Waals surface area contributed by atoms with Crippen LogP contribution >= 0.6 is 11.6 Å². The lowest BCUT2D eigenvalue weighted by atomic mass is 10.1. The number of likely N-dealkylation sites (N-methyl/N-ethyl adjacent to an activating group) is 1. The fourth-order valence-electron chi connectivity index (χ4n) is 3.25. The summed E-state index contributed by atoms with van der Waals surface area (Å²) in [5, 5.41) is 5.22. The number of carbonyl (C=O) groups is 1. The van der Waals surface area contributed by atoms with Gasteiger partial charge < -0.3 is 20.1 Å². The van der Waals surface area contributed by atoms with Crippen LogP contribution in [-0.4, -0.2) is 59.0 Å². The van der Waals surface area contributed by atoms with Crippen molar-refractivity contribution in [2.75, 3.05) is 43.4 Å². The zero-order chi connectivity index (χ0) is 18.8. The Balaban J connectivity index is 1.40. The summed E-state index contributed by atoms with van der Waals surface area (Å²) in [7, 11) is 1.82. The molecule has 0 bridgehead atoms. The van der Waals surface area contributed by atoms with Gasteiger partial charge in [-0.15, -0.1) is 0 Å². The van der Waals surface area contributed by atoms with E-state index >= 15 is 0 Å². The molecule has 2 aromatic heterocycles. The molecule has 1 aliphatic heterocycles. The second-order valence-corrected chi connectivity index (χ2v) is 7.12. The number of halogens is 1. The summed E-state index contributed by atoms with van der Waals surface area (Å²) in [5.74, 6) is 1.63. The Morgan fingerprint density at radius 3 is 3.00 bits per heavy atom. The number of fused-ring (bicyclic) bond motifs is 1. The Morgan fingerprint density at radius 1 is 1.26 bits per heavy atom. The predicted octanol–water partition coefficient (Wildman–Crippen LogP) is 2.54. The molecule has 1 amide bonds. The van der Waals surface area contributed by atoms with Crippen LogP contribution in [0.15, 0.2) is 36.8 Å². The number of hydrogen-bond acceptors (Lipinski definition) is 5. The molecule has 3 heterocycles. The molecule has 27 heavy (non-hydrogen) atoms. The maximum Gasteiger partial charge on any atom is 0.241 e. The Morgan fingerprint density at radius 2 is 2.15 bits per heavy atom. The summed E-state index contributed by atoms with van der Waals surface area (Å²) in [4.78, 5) is 27.5. The molecule has 2 N–H and O–H groups in total. The van der Waals surface area contributed by atoms with E-state index in [0.29, 0.717) is 13.1 Å². The number of nitrogens with one attached hydrogen (secondary N) is 2. The molecule has 0 radical (unpaired) electrons. The number of rotatable bonds is 5. The van der Waals surface area contributed by atoms with Gasteiger partial charge in [0.15, 0.2) is 0 Å². The highest BCUT2D eigenvalue weighted by Crippen LogP contribution is 2.23. The van der Waals surface area contributed by atoms with Crippen molar-refractivity contribution < 1.29 is 4.79 Å². The normalized spacial score (nSPS) is 14.8. The van der Waals surface area contributed by atoms with E-state index in [4.69, 9.17) is 11.6 Å². The lowest BCUT2D eigenvalue weighted by Gasteiger charge is -2.32. The lowest BCUT2D eigenvalue weighted by Crippen LogP contribution is -2.48. The van der Waals surface area contributed by atoms with Crippen molar-refractivity contribution in [1.29, 1.82) is 0 Å². The van der Waals surface area contributed by atoms with E-state index in [1.54, 1.807) is 4.90 Å². The number of anilines is 2. The first-order chi connectivity index (χ1) is 13.1. The molecule has 1 aromatic carbocycles. The molecule has 3 aromatic rings. The third kappa shape index (κ3) is 3.83. The van der Waals surface area contributed by atoms with Crippen molar-refractivity contribution >= 4 is 40.0 Å². The first-order valence-corrected chi connectivity index (χ1v) is 9.28. The smallest absolute Gasteiger partial charge is 0.241 e. The average molecular weight is 385 g/mol. The van der Waals surface area contributed by atoms with Crippen molar-refractivity contribution in [2.24, 2.45) is 0 Å². The number of nitrogens with zero attached hydrogens (tertiary/aromatic N) is 4. The number of benzene rings is 1. The highest BCUT2D eigenvalue weighted by molar-refractivity contribution is 6.31. The van der Waals surface area contributed by atoms with E-state index in [1.807, 2.05) is 42.4 Å². The van der Waals surface area contributed by atoms with E-state index in [9.17, 15) is 4.79 Å². The number of aromatic amines is 1. The average Bonchev–Trinajstić information content (AvgIpc) is 3.06. The minimum Gasteiger partial charge on any atom is -0.370 e. The van der Waals surface area contributed by atoms with Crippen LogP contribution in [0.5, 0.6) is 0 Å². The molecule has 8 heteroatoms. The van der Waals surface area contributed by atoms with Crippen LogP contribution in [0, 0.1) is 0 Å². The fourth-order valence-corrected chi connectivity index (χ4v) is 3.43. The molecular formula is C19H21ClN6O. The van der Waals surface area contributed by atoms with Gasteiger partial charge in [-0.2, -0.15) is 0 Å². The van der Waals surface area contributed by atoms with Crippen molar-refractivity contribution in [2.45, 2.75) is 6.42 Å². The molecule has 1 saturated heterocycles. The molecule has 140 valence electrons. The summed E-state index contributed by atoms with van der Waals surface area (Å²) < 4.78 is 0. The topological polar surface area (TPSA) is 77.2 Å². The largest absolute Gasteiger partial charge is 0.370 e. The molecule has 0 aliphatic carbocycles. The second-order valence-electron chi connectivity index (χ2n) is 6.68. The van der Waals surface area contributed by atoms with E-state index in [1.165, 1.54) is 11.9 Å². The van der Waals surface area contributed by atoms with Crippen molar-refractivity contribution in [3.63, 3.8) is 0 Å². The zero-order valence-corrected chi connectivity index (χ0v) is 15.8. The molecular weight excluding hydrogens is 364 g/mol. The number of carbonyl (C=O) groups excluding carboxylic acids is 1. The van der Waals surface area contributed by atoms with E-state index in [-0.39, 0.29) is 5.91 Å². The third-order valence-corrected chi connectivity index (χ3v) is 5.10. The Bertz CT molecular complexity index is 972. The Labute approximate surface area is 162 Å². The maximum atomic E-state index is 11.9. The Hall–Kier alpha value is -2.80. The summed E-state index contributed by atoms with van der Waals surface area (Å²) in [6.07, 6.45) is 4.39. The molecule has 1 fully saturated rings. The van der Waals surface area contributed by atoms with Gasteiger partial charge in [-0.1, -0.05) is 11.6 Å². The minimum atomic E-state index is 0.104. The standard InChI is InChI=1S/C19H21ClN6O/c1-25-6-7-26(11-19(25)27)18-9-17(23-12-24-18)21-5-4-13-10-22-16-3-2-14(20)8-15(13)16/h2-3,8-10,12,22H,4-7,11H2,1H3,(H,21,23,24).